The van der Waals surface area contributed by atoms with Gasteiger partial charge in [-0.05, 0) is 61.4 Å². The van der Waals surface area contributed by atoms with Crippen LogP contribution in [0.2, 0.25) is 30.7 Å². The van der Waals surface area contributed by atoms with Gasteiger partial charge >= 0.3 is 0 Å². The molecule has 9 heteroatoms. The van der Waals surface area contributed by atoms with E-state index in [-0.39, 0.29) is 42.1 Å². The molecule has 0 heterocycles. The standard InChI is InChI=1S/C24H29ClF2O4SSi/c1-33(2,3)13-12-31-16-17-15-24(11-10-23(17)28,21-14-19(26)6-9-22(21)27)32(29,30)20-7-4-18(25)5-8-20/h4-9,14,17H,10-13,15-16H2,1-3H3/t17-,24+/m1/s1. The average molecular weight is 515 g/mol. The molecule has 2 atom stereocenters. The SMILES string of the molecule is C[Si](C)(C)CCOC[C@H]1C[C@@](c2cc(F)ccc2F)(S(=O)(=O)c2ccc(Cl)cc2)CCC1=O. The van der Waals surface area contributed by atoms with E-state index in [1.54, 1.807) is 0 Å². The maximum atomic E-state index is 15.0. The second-order valence-corrected chi connectivity index (χ2v) is 18.1. The Morgan fingerprint density at radius 3 is 2.42 bits per heavy atom. The summed E-state index contributed by atoms with van der Waals surface area (Å²) in [5, 5.41) is 0.354. The van der Waals surface area contributed by atoms with Gasteiger partial charge < -0.3 is 4.74 Å². The molecule has 3 rings (SSSR count). The molecule has 0 aromatic heterocycles. The van der Waals surface area contributed by atoms with Crippen LogP contribution >= 0.6 is 11.6 Å². The quantitative estimate of drug-likeness (QED) is 0.319. The van der Waals surface area contributed by atoms with E-state index in [0.717, 1.165) is 24.2 Å². The van der Waals surface area contributed by atoms with Crippen molar-refractivity contribution in [2.24, 2.45) is 5.92 Å². The first-order valence-corrected chi connectivity index (χ1v) is 16.5. The van der Waals surface area contributed by atoms with Gasteiger partial charge in [-0.2, -0.15) is 0 Å². The second-order valence-electron chi connectivity index (χ2n) is 9.83. The van der Waals surface area contributed by atoms with E-state index in [1.165, 1.54) is 24.3 Å². The number of rotatable bonds is 8. The minimum Gasteiger partial charge on any atom is -0.381 e. The van der Waals surface area contributed by atoms with E-state index in [4.69, 9.17) is 16.3 Å². The van der Waals surface area contributed by atoms with Crippen molar-refractivity contribution in [1.82, 2.24) is 0 Å². The molecule has 4 nitrogen and oxygen atoms in total. The number of halogens is 3. The van der Waals surface area contributed by atoms with E-state index in [1.807, 2.05) is 0 Å². The highest BCUT2D eigenvalue weighted by molar-refractivity contribution is 7.92. The Balaban J connectivity index is 2.03. The van der Waals surface area contributed by atoms with Gasteiger partial charge in [0.15, 0.2) is 9.84 Å². The fourth-order valence-corrected chi connectivity index (χ4v) is 7.28. The Kier molecular flexibility index (Phi) is 7.83. The summed E-state index contributed by atoms with van der Waals surface area (Å²) in [6, 6.07) is 9.30. The van der Waals surface area contributed by atoms with E-state index >= 15 is 4.39 Å². The highest BCUT2D eigenvalue weighted by Gasteiger charge is 2.52. The van der Waals surface area contributed by atoms with Crippen LogP contribution in [-0.2, 0) is 24.1 Å². The van der Waals surface area contributed by atoms with Gasteiger partial charge in [-0.15, -0.1) is 0 Å². The van der Waals surface area contributed by atoms with Gasteiger partial charge in [-0.1, -0.05) is 31.2 Å². The van der Waals surface area contributed by atoms with Crippen molar-refractivity contribution >= 4 is 35.3 Å². The first kappa shape index (κ1) is 26.0. The Hall–Kier alpha value is -1.61. The van der Waals surface area contributed by atoms with Gasteiger partial charge in [0.2, 0.25) is 0 Å². The minimum absolute atomic E-state index is 0.0525. The van der Waals surface area contributed by atoms with E-state index in [9.17, 15) is 17.6 Å². The number of hydrogen-bond donors (Lipinski definition) is 0. The molecule has 0 spiro atoms. The predicted molar refractivity (Wildman–Crippen MR) is 128 cm³/mol. The number of carbonyl (C=O) groups is 1. The van der Waals surface area contributed by atoms with Crippen LogP contribution in [0.1, 0.15) is 24.8 Å². The van der Waals surface area contributed by atoms with E-state index in [0.29, 0.717) is 11.6 Å². The highest BCUT2D eigenvalue weighted by atomic mass is 35.5. The van der Waals surface area contributed by atoms with Crippen molar-refractivity contribution in [2.75, 3.05) is 13.2 Å². The van der Waals surface area contributed by atoms with Crippen molar-refractivity contribution < 1.29 is 26.7 Å². The van der Waals surface area contributed by atoms with Crippen LogP contribution in [0.15, 0.2) is 47.4 Å². The van der Waals surface area contributed by atoms with Gasteiger partial charge in [0, 0.05) is 37.6 Å². The molecule has 2 aromatic carbocycles. The van der Waals surface area contributed by atoms with Crippen LogP contribution in [-0.4, -0.2) is 35.5 Å². The summed E-state index contributed by atoms with van der Waals surface area (Å²) < 4.78 is 61.0. The van der Waals surface area contributed by atoms with Crippen LogP contribution in [0.3, 0.4) is 0 Å². The van der Waals surface area contributed by atoms with Crippen LogP contribution < -0.4 is 0 Å². The molecule has 1 aliphatic carbocycles. The largest absolute Gasteiger partial charge is 0.381 e. The molecular weight excluding hydrogens is 486 g/mol. The van der Waals surface area contributed by atoms with Crippen molar-refractivity contribution in [3.8, 4) is 0 Å². The molecule has 2 aromatic rings. The first-order chi connectivity index (χ1) is 15.4. The van der Waals surface area contributed by atoms with Crippen molar-refractivity contribution in [3.63, 3.8) is 0 Å². The van der Waals surface area contributed by atoms with Gasteiger partial charge in [0.1, 0.15) is 22.2 Å². The molecule has 1 fully saturated rings. The third-order valence-corrected chi connectivity index (χ3v) is 10.6. The molecular formula is C24H29ClF2O4SSi. The molecule has 0 radical (unpaired) electrons. The lowest BCUT2D eigenvalue weighted by molar-refractivity contribution is -0.127. The highest BCUT2D eigenvalue weighted by Crippen LogP contribution is 2.49. The Bertz CT molecular complexity index is 1120. The monoisotopic (exact) mass is 514 g/mol. The number of sulfone groups is 1. The fourth-order valence-electron chi connectivity index (χ4n) is 4.22. The third-order valence-electron chi connectivity index (χ3n) is 6.18. The summed E-state index contributed by atoms with van der Waals surface area (Å²) in [7, 11) is -5.55. The number of hydrogen-bond acceptors (Lipinski definition) is 4. The zero-order valence-corrected chi connectivity index (χ0v) is 21.6. The Labute approximate surface area is 200 Å². The maximum absolute atomic E-state index is 15.0. The summed E-state index contributed by atoms with van der Waals surface area (Å²) in [4.78, 5) is 12.7. The number of ketones is 1. The summed E-state index contributed by atoms with van der Waals surface area (Å²) in [5.41, 5.74) is -0.253. The molecule has 1 aliphatic rings. The van der Waals surface area contributed by atoms with Crippen LogP contribution in [0.4, 0.5) is 8.78 Å². The molecule has 0 amide bonds. The van der Waals surface area contributed by atoms with Gasteiger partial charge in [-0.25, -0.2) is 17.2 Å². The van der Waals surface area contributed by atoms with Gasteiger partial charge in [0.05, 0.1) is 11.5 Å². The zero-order chi connectivity index (χ0) is 24.4. The summed E-state index contributed by atoms with van der Waals surface area (Å²) in [5.74, 6) is -2.41. The number of benzene rings is 2. The van der Waals surface area contributed by atoms with E-state index < -0.39 is 40.2 Å². The Morgan fingerprint density at radius 2 is 1.79 bits per heavy atom. The first-order valence-electron chi connectivity index (χ1n) is 10.9. The predicted octanol–water partition coefficient (Wildman–Crippen LogP) is 6.01. The fraction of sp³-hybridized carbons (Fsp3) is 0.458. The summed E-state index contributed by atoms with van der Waals surface area (Å²) in [6.45, 7) is 7.15. The smallest absolute Gasteiger partial charge is 0.188 e. The van der Waals surface area contributed by atoms with Crippen molar-refractivity contribution in [2.45, 2.75) is 54.6 Å². The van der Waals surface area contributed by atoms with Crippen molar-refractivity contribution in [3.05, 3.63) is 64.7 Å². The van der Waals surface area contributed by atoms with Crippen LogP contribution in [0, 0.1) is 17.6 Å². The molecule has 0 aliphatic heterocycles. The summed E-state index contributed by atoms with van der Waals surface area (Å²) >= 11 is 5.93. The second kappa shape index (κ2) is 9.94. The molecule has 0 N–H and O–H groups in total. The molecule has 180 valence electrons. The molecule has 0 bridgehead atoms. The lowest BCUT2D eigenvalue weighted by atomic mass is 9.76. The molecule has 1 saturated carbocycles. The van der Waals surface area contributed by atoms with E-state index in [2.05, 4.69) is 19.6 Å². The topological polar surface area (TPSA) is 60.4 Å². The lowest BCUT2D eigenvalue weighted by Crippen LogP contribution is -2.45. The molecule has 33 heavy (non-hydrogen) atoms. The van der Waals surface area contributed by atoms with Gasteiger partial charge in [-0.3, -0.25) is 4.79 Å². The zero-order valence-electron chi connectivity index (χ0n) is 19.0. The van der Waals surface area contributed by atoms with Gasteiger partial charge in [0.25, 0.3) is 0 Å². The van der Waals surface area contributed by atoms with Crippen molar-refractivity contribution in [1.29, 1.82) is 0 Å². The average Bonchev–Trinajstić information content (AvgIpc) is 2.74. The maximum Gasteiger partial charge on any atom is 0.188 e. The summed E-state index contributed by atoms with van der Waals surface area (Å²) in [6.07, 6.45) is -0.377. The lowest BCUT2D eigenvalue weighted by Gasteiger charge is -2.40. The number of carbonyl (C=O) groups excluding carboxylic acids is 1. The third kappa shape index (κ3) is 5.73. The van der Waals surface area contributed by atoms with Crippen LogP contribution in [0.25, 0.3) is 0 Å². The minimum atomic E-state index is -4.21. The Morgan fingerprint density at radius 1 is 1.12 bits per heavy atom. The normalized spacial score (nSPS) is 21.9. The molecule has 0 saturated heterocycles. The molecule has 0 unspecified atom stereocenters. The van der Waals surface area contributed by atoms with Crippen LogP contribution in [0.5, 0.6) is 0 Å². The number of Topliss-reactive ketones (excluding diaryl/α,β-unsaturated/α-hetero) is 1. The number of ether oxygens (including phenoxy) is 1.